The molecule has 0 unspecified atom stereocenters. The van der Waals surface area contributed by atoms with E-state index in [0.717, 1.165) is 5.56 Å². The third kappa shape index (κ3) is 8.25. The fourth-order valence-electron chi connectivity index (χ4n) is 2.04. The number of aromatic nitrogens is 1. The number of benzene rings is 1. The Balaban J connectivity index is 0.000000479. The second kappa shape index (κ2) is 11.6. The monoisotopic (exact) mass is 420 g/mol. The SMILES string of the molecule is CCOC(=O)c1c(N)cc(NCc2ccc(F)cc2)nc1N.O=C(O)/C=C\C(=O)O. The van der Waals surface area contributed by atoms with Crippen molar-refractivity contribution >= 4 is 35.2 Å². The molecule has 0 aliphatic rings. The molecular formula is C19H21FN4O6. The molecule has 160 valence electrons. The topological polar surface area (TPSA) is 178 Å². The van der Waals surface area contributed by atoms with Gasteiger partial charge < -0.3 is 31.7 Å². The average molecular weight is 420 g/mol. The number of nitrogens with zero attached hydrogens (tertiary/aromatic N) is 1. The lowest BCUT2D eigenvalue weighted by molar-refractivity contribution is -0.134. The number of carboxylic acids is 2. The van der Waals surface area contributed by atoms with E-state index in [1.807, 2.05) is 0 Å². The molecule has 0 spiro atoms. The Hall–Kier alpha value is -4.15. The summed E-state index contributed by atoms with van der Waals surface area (Å²) in [5, 5.41) is 18.6. The number of carbonyl (C=O) groups is 3. The lowest BCUT2D eigenvalue weighted by Crippen LogP contribution is -2.14. The fourth-order valence-corrected chi connectivity index (χ4v) is 2.04. The highest BCUT2D eigenvalue weighted by Crippen LogP contribution is 2.23. The Kier molecular flexibility index (Phi) is 9.27. The number of esters is 1. The quantitative estimate of drug-likeness (QED) is 0.328. The average Bonchev–Trinajstić information content (AvgIpc) is 2.66. The number of anilines is 3. The standard InChI is InChI=1S/C15H17FN4O2.C4H4O4/c1-2-22-15(21)13-11(17)7-12(20-14(13)18)19-8-9-3-5-10(16)6-4-9;5-3(6)1-2-4(7)8/h3-7H,2,8H2,1H3,(H5,17,18,19,20);1-2H,(H,5,6)(H,7,8)/b;2-1-. The Labute approximate surface area is 171 Å². The van der Waals surface area contributed by atoms with Crippen LogP contribution in [0.2, 0.25) is 0 Å². The van der Waals surface area contributed by atoms with E-state index in [4.69, 9.17) is 26.4 Å². The zero-order valence-electron chi connectivity index (χ0n) is 16.0. The summed E-state index contributed by atoms with van der Waals surface area (Å²) in [5.41, 5.74) is 12.7. The van der Waals surface area contributed by atoms with Crippen LogP contribution in [0.4, 0.5) is 21.7 Å². The number of nitrogens with two attached hydrogens (primary N) is 2. The maximum absolute atomic E-state index is 12.8. The predicted molar refractivity (Wildman–Crippen MR) is 107 cm³/mol. The van der Waals surface area contributed by atoms with Gasteiger partial charge in [0.1, 0.15) is 23.0 Å². The molecule has 2 aromatic rings. The van der Waals surface area contributed by atoms with Crippen molar-refractivity contribution in [2.45, 2.75) is 13.5 Å². The van der Waals surface area contributed by atoms with Crippen molar-refractivity contribution in [2.24, 2.45) is 0 Å². The van der Waals surface area contributed by atoms with Crippen LogP contribution in [0.5, 0.6) is 0 Å². The van der Waals surface area contributed by atoms with Gasteiger partial charge in [0.25, 0.3) is 0 Å². The van der Waals surface area contributed by atoms with E-state index in [1.54, 1.807) is 19.1 Å². The Morgan fingerprint density at radius 1 is 1.13 bits per heavy atom. The second-order valence-corrected chi connectivity index (χ2v) is 5.57. The number of hydrogen-bond acceptors (Lipinski definition) is 8. The van der Waals surface area contributed by atoms with Crippen LogP contribution in [0.1, 0.15) is 22.8 Å². The number of carboxylic acid groups (broad SMARTS) is 2. The van der Waals surface area contributed by atoms with Crippen molar-refractivity contribution in [1.82, 2.24) is 4.98 Å². The Morgan fingerprint density at radius 2 is 1.70 bits per heavy atom. The van der Waals surface area contributed by atoms with Crippen LogP contribution in [-0.4, -0.2) is 39.7 Å². The normalized spacial score (nSPS) is 10.1. The minimum Gasteiger partial charge on any atom is -0.478 e. The van der Waals surface area contributed by atoms with Gasteiger partial charge in [0.2, 0.25) is 0 Å². The molecule has 1 heterocycles. The van der Waals surface area contributed by atoms with Crippen molar-refractivity contribution in [3.63, 3.8) is 0 Å². The first-order valence-electron chi connectivity index (χ1n) is 8.49. The van der Waals surface area contributed by atoms with Crippen LogP contribution in [0.3, 0.4) is 0 Å². The summed E-state index contributed by atoms with van der Waals surface area (Å²) in [7, 11) is 0. The van der Waals surface area contributed by atoms with Gasteiger partial charge >= 0.3 is 17.9 Å². The van der Waals surface area contributed by atoms with E-state index in [9.17, 15) is 18.8 Å². The summed E-state index contributed by atoms with van der Waals surface area (Å²) >= 11 is 0. The molecule has 0 aliphatic heterocycles. The molecule has 10 nitrogen and oxygen atoms in total. The van der Waals surface area contributed by atoms with E-state index >= 15 is 0 Å². The van der Waals surface area contributed by atoms with Crippen LogP contribution in [0, 0.1) is 5.82 Å². The fraction of sp³-hybridized carbons (Fsp3) is 0.158. The van der Waals surface area contributed by atoms with E-state index in [-0.39, 0.29) is 29.5 Å². The van der Waals surface area contributed by atoms with E-state index < -0.39 is 17.9 Å². The number of rotatable bonds is 7. The number of ether oxygens (including phenoxy) is 1. The number of nitrogen functional groups attached to an aromatic ring is 2. The second-order valence-electron chi connectivity index (χ2n) is 5.57. The molecule has 0 atom stereocenters. The Bertz CT molecular complexity index is 892. The van der Waals surface area contributed by atoms with E-state index in [1.165, 1.54) is 18.2 Å². The summed E-state index contributed by atoms with van der Waals surface area (Å²) in [6, 6.07) is 7.56. The highest BCUT2D eigenvalue weighted by Gasteiger charge is 2.17. The van der Waals surface area contributed by atoms with Crippen LogP contribution < -0.4 is 16.8 Å². The lowest BCUT2D eigenvalue weighted by atomic mass is 10.2. The van der Waals surface area contributed by atoms with Crippen LogP contribution in [0.25, 0.3) is 0 Å². The summed E-state index contributed by atoms with van der Waals surface area (Å²) < 4.78 is 17.7. The van der Waals surface area contributed by atoms with Crippen LogP contribution >= 0.6 is 0 Å². The van der Waals surface area contributed by atoms with Gasteiger partial charge in [-0.2, -0.15) is 0 Å². The molecule has 7 N–H and O–H groups in total. The predicted octanol–water partition coefficient (Wildman–Crippen LogP) is 1.89. The molecule has 0 saturated carbocycles. The van der Waals surface area contributed by atoms with Gasteiger partial charge in [0.05, 0.1) is 12.3 Å². The third-order valence-corrected chi connectivity index (χ3v) is 3.31. The number of aliphatic carboxylic acids is 2. The maximum atomic E-state index is 12.8. The molecule has 11 heteroatoms. The van der Waals surface area contributed by atoms with Gasteiger partial charge in [0, 0.05) is 24.8 Å². The lowest BCUT2D eigenvalue weighted by Gasteiger charge is -2.11. The van der Waals surface area contributed by atoms with Crippen LogP contribution in [0.15, 0.2) is 42.5 Å². The maximum Gasteiger partial charge on any atom is 0.344 e. The van der Waals surface area contributed by atoms with Crippen LogP contribution in [-0.2, 0) is 20.9 Å². The van der Waals surface area contributed by atoms with Gasteiger partial charge in [-0.3, -0.25) is 0 Å². The van der Waals surface area contributed by atoms with E-state index in [0.29, 0.717) is 24.5 Å². The molecule has 0 amide bonds. The van der Waals surface area contributed by atoms with Gasteiger partial charge in [-0.1, -0.05) is 12.1 Å². The summed E-state index contributed by atoms with van der Waals surface area (Å²) in [6.07, 6.45) is 1.12. The molecule has 0 saturated heterocycles. The van der Waals surface area contributed by atoms with Gasteiger partial charge in [-0.15, -0.1) is 0 Å². The van der Waals surface area contributed by atoms with Crippen molar-refractivity contribution in [1.29, 1.82) is 0 Å². The van der Waals surface area contributed by atoms with Crippen molar-refractivity contribution in [2.75, 3.05) is 23.4 Å². The number of nitrogens with one attached hydrogen (secondary N) is 1. The molecule has 30 heavy (non-hydrogen) atoms. The molecule has 0 fully saturated rings. The van der Waals surface area contributed by atoms with Gasteiger partial charge in [-0.05, 0) is 24.6 Å². The van der Waals surface area contributed by atoms with Crippen molar-refractivity contribution in [3.05, 3.63) is 59.4 Å². The number of pyridine rings is 1. The highest BCUT2D eigenvalue weighted by molar-refractivity contribution is 6.00. The molecule has 0 aliphatic carbocycles. The minimum atomic E-state index is -1.26. The first kappa shape index (κ1) is 23.9. The Morgan fingerprint density at radius 3 is 2.17 bits per heavy atom. The highest BCUT2D eigenvalue weighted by atomic mass is 19.1. The summed E-state index contributed by atoms with van der Waals surface area (Å²) in [6.45, 7) is 2.34. The number of carbonyl (C=O) groups excluding carboxylic acids is 1. The molecule has 0 bridgehead atoms. The first-order chi connectivity index (χ1) is 14.1. The van der Waals surface area contributed by atoms with Gasteiger partial charge in [0.15, 0.2) is 0 Å². The molecule has 1 aromatic carbocycles. The molecule has 0 radical (unpaired) electrons. The third-order valence-electron chi connectivity index (χ3n) is 3.31. The number of hydrogen-bond donors (Lipinski definition) is 5. The van der Waals surface area contributed by atoms with Gasteiger partial charge in [-0.25, -0.2) is 23.8 Å². The van der Waals surface area contributed by atoms with Crippen molar-refractivity contribution < 1.29 is 33.7 Å². The molecule has 1 aromatic heterocycles. The first-order valence-corrected chi connectivity index (χ1v) is 8.49. The van der Waals surface area contributed by atoms with E-state index in [2.05, 4.69) is 10.3 Å². The van der Waals surface area contributed by atoms with Crippen molar-refractivity contribution in [3.8, 4) is 0 Å². The smallest absolute Gasteiger partial charge is 0.344 e. The summed E-state index contributed by atoms with van der Waals surface area (Å²) in [4.78, 5) is 34.9. The zero-order chi connectivity index (χ0) is 22.7. The minimum absolute atomic E-state index is 0.0000520. The number of halogens is 1. The zero-order valence-corrected chi connectivity index (χ0v) is 16.0. The molecule has 2 rings (SSSR count). The largest absolute Gasteiger partial charge is 0.478 e. The molecular weight excluding hydrogens is 399 g/mol. The summed E-state index contributed by atoms with van der Waals surface area (Å²) in [5.74, 6) is -2.99.